The highest BCUT2D eigenvalue weighted by molar-refractivity contribution is 6.04. The summed E-state index contributed by atoms with van der Waals surface area (Å²) in [5.41, 5.74) is 1.23. The fourth-order valence-electron chi connectivity index (χ4n) is 2.14. The van der Waals surface area contributed by atoms with Gasteiger partial charge in [0, 0.05) is 24.0 Å². The van der Waals surface area contributed by atoms with E-state index in [4.69, 9.17) is 4.74 Å². The molecule has 2 amide bonds. The van der Waals surface area contributed by atoms with Crippen LogP contribution in [0.4, 0.5) is 5.69 Å². The standard InChI is InChI=1S/C19H23N3O3/c1-13(2)8-10-21-18(23)14-9-11-20-17(12-14)19(24)22-15-4-6-16(25-3)7-5-15/h4-7,9,11-13H,8,10H2,1-3H3,(H,21,23)(H,22,24). The molecule has 132 valence electrons. The molecule has 2 N–H and O–H groups in total. The van der Waals surface area contributed by atoms with Gasteiger partial charge >= 0.3 is 0 Å². The second kappa shape index (κ2) is 8.82. The Morgan fingerprint density at radius 1 is 1.12 bits per heavy atom. The van der Waals surface area contributed by atoms with Gasteiger partial charge in [0.15, 0.2) is 0 Å². The van der Waals surface area contributed by atoms with E-state index in [9.17, 15) is 9.59 Å². The van der Waals surface area contributed by atoms with Gasteiger partial charge in [-0.15, -0.1) is 0 Å². The van der Waals surface area contributed by atoms with E-state index in [1.807, 2.05) is 0 Å². The van der Waals surface area contributed by atoms with Crippen molar-refractivity contribution in [3.05, 3.63) is 53.9 Å². The number of carbonyl (C=O) groups is 2. The van der Waals surface area contributed by atoms with Gasteiger partial charge in [-0.2, -0.15) is 0 Å². The summed E-state index contributed by atoms with van der Waals surface area (Å²) in [4.78, 5) is 28.5. The van der Waals surface area contributed by atoms with Crippen molar-refractivity contribution in [2.45, 2.75) is 20.3 Å². The topological polar surface area (TPSA) is 80.3 Å². The number of hydrogen-bond donors (Lipinski definition) is 2. The maximum atomic E-state index is 12.3. The molecule has 0 bridgehead atoms. The zero-order valence-electron chi connectivity index (χ0n) is 14.7. The second-order valence-electron chi connectivity index (χ2n) is 6.05. The largest absolute Gasteiger partial charge is 0.497 e. The second-order valence-corrected chi connectivity index (χ2v) is 6.05. The third-order valence-electron chi connectivity index (χ3n) is 3.61. The van der Waals surface area contributed by atoms with Crippen molar-refractivity contribution in [1.29, 1.82) is 0 Å². The summed E-state index contributed by atoms with van der Waals surface area (Å²) in [5, 5.41) is 5.59. The summed E-state index contributed by atoms with van der Waals surface area (Å²) in [6, 6.07) is 10.1. The van der Waals surface area contributed by atoms with Crippen LogP contribution in [0.3, 0.4) is 0 Å². The van der Waals surface area contributed by atoms with E-state index in [1.54, 1.807) is 37.4 Å². The molecule has 1 aromatic heterocycles. The molecule has 0 aliphatic heterocycles. The molecule has 0 fully saturated rings. The predicted octanol–water partition coefficient (Wildman–Crippen LogP) is 3.12. The Balaban J connectivity index is 2.01. The molecule has 2 rings (SSSR count). The van der Waals surface area contributed by atoms with E-state index in [2.05, 4.69) is 29.5 Å². The third kappa shape index (κ3) is 5.60. The number of nitrogens with one attached hydrogen (secondary N) is 2. The number of pyridine rings is 1. The molecular weight excluding hydrogens is 318 g/mol. The lowest BCUT2D eigenvalue weighted by atomic mass is 10.1. The number of aromatic nitrogens is 1. The molecule has 0 aliphatic rings. The molecular formula is C19H23N3O3. The van der Waals surface area contributed by atoms with Crippen LogP contribution in [0.5, 0.6) is 5.75 Å². The Bertz CT molecular complexity index is 727. The van der Waals surface area contributed by atoms with E-state index in [0.29, 0.717) is 29.5 Å². The number of methoxy groups -OCH3 is 1. The lowest BCUT2D eigenvalue weighted by Gasteiger charge is -2.09. The number of amides is 2. The first-order valence-corrected chi connectivity index (χ1v) is 8.19. The number of hydrogen-bond acceptors (Lipinski definition) is 4. The van der Waals surface area contributed by atoms with Crippen LogP contribution < -0.4 is 15.4 Å². The van der Waals surface area contributed by atoms with Gasteiger partial charge in [0.2, 0.25) is 0 Å². The molecule has 0 saturated heterocycles. The first-order chi connectivity index (χ1) is 12.0. The average Bonchev–Trinajstić information content (AvgIpc) is 2.62. The summed E-state index contributed by atoms with van der Waals surface area (Å²) in [6.45, 7) is 4.80. The predicted molar refractivity (Wildman–Crippen MR) is 97.0 cm³/mol. The van der Waals surface area contributed by atoms with Crippen LogP contribution in [-0.2, 0) is 0 Å². The van der Waals surface area contributed by atoms with Crippen molar-refractivity contribution in [1.82, 2.24) is 10.3 Å². The maximum absolute atomic E-state index is 12.3. The van der Waals surface area contributed by atoms with Gasteiger partial charge in [0.25, 0.3) is 11.8 Å². The minimum atomic E-state index is -0.373. The molecule has 0 radical (unpaired) electrons. The quantitative estimate of drug-likeness (QED) is 0.811. The SMILES string of the molecule is COc1ccc(NC(=O)c2cc(C(=O)NCCC(C)C)ccn2)cc1. The Hall–Kier alpha value is -2.89. The van der Waals surface area contributed by atoms with Crippen LogP contribution in [0.2, 0.25) is 0 Å². The molecule has 0 spiro atoms. The summed E-state index contributed by atoms with van der Waals surface area (Å²) >= 11 is 0. The molecule has 0 atom stereocenters. The molecule has 0 unspecified atom stereocenters. The number of carbonyl (C=O) groups excluding carboxylic acids is 2. The van der Waals surface area contributed by atoms with Crippen LogP contribution in [0, 0.1) is 5.92 Å². The Kier molecular flexibility index (Phi) is 6.51. The summed E-state index contributed by atoms with van der Waals surface area (Å²) in [7, 11) is 1.58. The lowest BCUT2D eigenvalue weighted by Crippen LogP contribution is -2.26. The highest BCUT2D eigenvalue weighted by atomic mass is 16.5. The summed E-state index contributed by atoms with van der Waals surface area (Å²) in [5.74, 6) is 0.642. The van der Waals surface area contributed by atoms with Crippen LogP contribution >= 0.6 is 0 Å². The van der Waals surface area contributed by atoms with Gasteiger partial charge in [0.05, 0.1) is 7.11 Å². The monoisotopic (exact) mass is 341 g/mol. The van der Waals surface area contributed by atoms with Crippen molar-refractivity contribution in [2.75, 3.05) is 19.0 Å². The highest BCUT2D eigenvalue weighted by Crippen LogP contribution is 2.15. The van der Waals surface area contributed by atoms with Crippen molar-refractivity contribution in [2.24, 2.45) is 5.92 Å². The Morgan fingerprint density at radius 2 is 1.84 bits per heavy atom. The van der Waals surface area contributed by atoms with Crippen LogP contribution in [0.25, 0.3) is 0 Å². The van der Waals surface area contributed by atoms with Crippen molar-refractivity contribution >= 4 is 17.5 Å². The molecule has 1 aromatic carbocycles. The number of rotatable bonds is 7. The Morgan fingerprint density at radius 3 is 2.48 bits per heavy atom. The molecule has 2 aromatic rings. The average molecular weight is 341 g/mol. The number of benzene rings is 1. The first kappa shape index (κ1) is 18.4. The van der Waals surface area contributed by atoms with Gasteiger partial charge in [-0.3, -0.25) is 14.6 Å². The third-order valence-corrected chi connectivity index (χ3v) is 3.61. The van der Waals surface area contributed by atoms with E-state index < -0.39 is 0 Å². The van der Waals surface area contributed by atoms with E-state index in [1.165, 1.54) is 12.3 Å². The zero-order valence-corrected chi connectivity index (χ0v) is 14.7. The maximum Gasteiger partial charge on any atom is 0.274 e. The minimum absolute atomic E-state index is 0.187. The zero-order chi connectivity index (χ0) is 18.2. The van der Waals surface area contributed by atoms with Gasteiger partial charge in [-0.05, 0) is 48.7 Å². The lowest BCUT2D eigenvalue weighted by molar-refractivity contribution is 0.0952. The fourth-order valence-corrected chi connectivity index (χ4v) is 2.14. The van der Waals surface area contributed by atoms with Crippen LogP contribution in [0.1, 0.15) is 41.1 Å². The molecule has 25 heavy (non-hydrogen) atoms. The smallest absolute Gasteiger partial charge is 0.274 e. The van der Waals surface area contributed by atoms with E-state index in [-0.39, 0.29) is 17.5 Å². The summed E-state index contributed by atoms with van der Waals surface area (Å²) in [6.07, 6.45) is 2.36. The molecule has 6 nitrogen and oxygen atoms in total. The van der Waals surface area contributed by atoms with E-state index in [0.717, 1.165) is 6.42 Å². The highest BCUT2D eigenvalue weighted by Gasteiger charge is 2.12. The Labute approximate surface area is 147 Å². The number of anilines is 1. The minimum Gasteiger partial charge on any atom is -0.497 e. The number of nitrogens with zero attached hydrogens (tertiary/aromatic N) is 1. The van der Waals surface area contributed by atoms with Crippen molar-refractivity contribution in [3.8, 4) is 5.75 Å². The van der Waals surface area contributed by atoms with Crippen LogP contribution in [-0.4, -0.2) is 30.5 Å². The number of ether oxygens (including phenoxy) is 1. The van der Waals surface area contributed by atoms with Gasteiger partial charge in [0.1, 0.15) is 11.4 Å². The normalized spacial score (nSPS) is 10.4. The van der Waals surface area contributed by atoms with Gasteiger partial charge < -0.3 is 15.4 Å². The fraction of sp³-hybridized carbons (Fsp3) is 0.316. The molecule has 1 heterocycles. The van der Waals surface area contributed by atoms with Crippen molar-refractivity contribution in [3.63, 3.8) is 0 Å². The van der Waals surface area contributed by atoms with E-state index >= 15 is 0 Å². The van der Waals surface area contributed by atoms with Crippen molar-refractivity contribution < 1.29 is 14.3 Å². The van der Waals surface area contributed by atoms with Gasteiger partial charge in [-0.25, -0.2) is 0 Å². The summed E-state index contributed by atoms with van der Waals surface area (Å²) < 4.78 is 5.08. The van der Waals surface area contributed by atoms with Crippen LogP contribution in [0.15, 0.2) is 42.6 Å². The molecule has 0 aliphatic carbocycles. The first-order valence-electron chi connectivity index (χ1n) is 8.19. The molecule has 6 heteroatoms. The van der Waals surface area contributed by atoms with Gasteiger partial charge in [-0.1, -0.05) is 13.8 Å². The molecule has 0 saturated carbocycles.